The van der Waals surface area contributed by atoms with Crippen LogP contribution in [0.4, 0.5) is 4.39 Å². The van der Waals surface area contributed by atoms with E-state index in [1.807, 2.05) is 12.1 Å². The van der Waals surface area contributed by atoms with E-state index in [0.717, 1.165) is 17.4 Å². The first-order valence-corrected chi connectivity index (χ1v) is 10.0. The summed E-state index contributed by atoms with van der Waals surface area (Å²) in [6.07, 6.45) is 0. The zero-order valence-electron chi connectivity index (χ0n) is 14.4. The van der Waals surface area contributed by atoms with Gasteiger partial charge in [-0.05, 0) is 36.4 Å². The molecule has 1 heterocycles. The molecule has 0 spiro atoms. The van der Waals surface area contributed by atoms with Crippen molar-refractivity contribution < 1.29 is 17.5 Å². The van der Waals surface area contributed by atoms with Gasteiger partial charge >= 0.3 is 0 Å². The molecule has 0 amide bonds. The van der Waals surface area contributed by atoms with Crippen LogP contribution in [0.5, 0.6) is 5.75 Å². The second kappa shape index (κ2) is 7.92. The summed E-state index contributed by atoms with van der Waals surface area (Å²) in [6.45, 7) is 2.47. The van der Waals surface area contributed by atoms with Gasteiger partial charge in [0.1, 0.15) is 11.6 Å². The van der Waals surface area contributed by atoms with Crippen molar-refractivity contribution in [1.29, 1.82) is 0 Å². The molecule has 0 bridgehead atoms. The summed E-state index contributed by atoms with van der Waals surface area (Å²) in [5.41, 5.74) is 0.960. The van der Waals surface area contributed by atoms with Gasteiger partial charge in [0, 0.05) is 43.3 Å². The molecule has 1 fully saturated rings. The van der Waals surface area contributed by atoms with Crippen LogP contribution in [0.25, 0.3) is 0 Å². The van der Waals surface area contributed by atoms with E-state index in [1.165, 1.54) is 22.5 Å². The van der Waals surface area contributed by atoms with Crippen molar-refractivity contribution in [2.75, 3.05) is 33.3 Å². The topological polar surface area (TPSA) is 49.9 Å². The summed E-state index contributed by atoms with van der Waals surface area (Å²) in [5, 5.41) is 0.633. The van der Waals surface area contributed by atoms with E-state index in [4.69, 9.17) is 16.3 Å². The van der Waals surface area contributed by atoms with Crippen molar-refractivity contribution in [3.8, 4) is 5.75 Å². The fourth-order valence-corrected chi connectivity index (χ4v) is 4.67. The highest BCUT2D eigenvalue weighted by Gasteiger charge is 2.29. The van der Waals surface area contributed by atoms with Crippen molar-refractivity contribution >= 4 is 21.6 Å². The first kappa shape index (κ1) is 19.1. The Balaban J connectivity index is 1.67. The number of hydrogen-bond acceptors (Lipinski definition) is 4. The standard InChI is InChI=1S/C18H20ClFN2O3S/c1-25-18-6-5-15(19)11-14(18)13-21-7-9-22(10-8-21)26(23,24)17-4-2-3-16(20)12-17/h2-6,11-12H,7-10,13H2,1H3. The van der Waals surface area contributed by atoms with Crippen molar-refractivity contribution in [2.24, 2.45) is 0 Å². The average molecular weight is 399 g/mol. The van der Waals surface area contributed by atoms with Crippen molar-refractivity contribution in [1.82, 2.24) is 9.21 Å². The van der Waals surface area contributed by atoms with Crippen molar-refractivity contribution in [3.63, 3.8) is 0 Å². The van der Waals surface area contributed by atoms with E-state index < -0.39 is 15.8 Å². The zero-order chi connectivity index (χ0) is 18.7. The third-order valence-electron chi connectivity index (χ3n) is 4.40. The zero-order valence-corrected chi connectivity index (χ0v) is 15.9. The molecule has 0 unspecified atom stereocenters. The third-order valence-corrected chi connectivity index (χ3v) is 6.53. The molecule has 0 radical (unpaired) electrons. The monoisotopic (exact) mass is 398 g/mol. The molecule has 0 aliphatic carbocycles. The highest BCUT2D eigenvalue weighted by molar-refractivity contribution is 7.89. The molecule has 1 aliphatic heterocycles. The van der Waals surface area contributed by atoms with Gasteiger partial charge in [-0.15, -0.1) is 0 Å². The average Bonchev–Trinajstić information content (AvgIpc) is 2.62. The quantitative estimate of drug-likeness (QED) is 0.777. The van der Waals surface area contributed by atoms with Crippen LogP contribution in [-0.2, 0) is 16.6 Å². The lowest BCUT2D eigenvalue weighted by Crippen LogP contribution is -2.48. The Bertz CT molecular complexity index is 884. The summed E-state index contributed by atoms with van der Waals surface area (Å²) in [7, 11) is -2.07. The molecule has 0 N–H and O–H groups in total. The summed E-state index contributed by atoms with van der Waals surface area (Å²) in [5.74, 6) is 0.196. The van der Waals surface area contributed by atoms with Crippen molar-refractivity contribution in [3.05, 3.63) is 58.9 Å². The summed E-state index contributed by atoms with van der Waals surface area (Å²) in [4.78, 5) is 2.13. The highest BCUT2D eigenvalue weighted by atomic mass is 35.5. The predicted octanol–water partition coefficient (Wildman–Crippen LogP) is 2.99. The number of methoxy groups -OCH3 is 1. The maximum absolute atomic E-state index is 13.4. The Kier molecular flexibility index (Phi) is 5.82. The molecule has 2 aromatic carbocycles. The smallest absolute Gasteiger partial charge is 0.243 e. The SMILES string of the molecule is COc1ccc(Cl)cc1CN1CCN(S(=O)(=O)c2cccc(F)c2)CC1. The van der Waals surface area contributed by atoms with Crippen LogP contribution < -0.4 is 4.74 Å². The molecule has 140 valence electrons. The van der Waals surface area contributed by atoms with E-state index in [2.05, 4.69) is 4.90 Å². The number of nitrogens with zero attached hydrogens (tertiary/aromatic N) is 2. The Morgan fingerprint density at radius 3 is 2.50 bits per heavy atom. The lowest BCUT2D eigenvalue weighted by molar-refractivity contribution is 0.180. The van der Waals surface area contributed by atoms with Gasteiger partial charge in [0.05, 0.1) is 12.0 Å². The van der Waals surface area contributed by atoms with Crippen LogP contribution in [0.2, 0.25) is 5.02 Å². The largest absolute Gasteiger partial charge is 0.496 e. The van der Waals surface area contributed by atoms with Gasteiger partial charge < -0.3 is 4.74 Å². The Hall–Kier alpha value is -1.67. The number of ether oxygens (including phenoxy) is 1. The number of rotatable bonds is 5. The number of hydrogen-bond donors (Lipinski definition) is 0. The molecule has 0 atom stereocenters. The van der Waals surface area contributed by atoms with Crippen molar-refractivity contribution in [2.45, 2.75) is 11.4 Å². The molecule has 1 aliphatic rings. The summed E-state index contributed by atoms with van der Waals surface area (Å²) >= 11 is 6.06. The van der Waals surface area contributed by atoms with Gasteiger partial charge in [0.2, 0.25) is 10.0 Å². The van der Waals surface area contributed by atoms with E-state index in [9.17, 15) is 12.8 Å². The van der Waals surface area contributed by atoms with Crippen LogP contribution in [0.1, 0.15) is 5.56 Å². The minimum atomic E-state index is -3.68. The predicted molar refractivity (Wildman–Crippen MR) is 98.4 cm³/mol. The van der Waals surface area contributed by atoms with Gasteiger partial charge in [0.25, 0.3) is 0 Å². The maximum Gasteiger partial charge on any atom is 0.243 e. The molecule has 3 rings (SSSR count). The van der Waals surface area contributed by atoms with Gasteiger partial charge in [-0.2, -0.15) is 4.31 Å². The summed E-state index contributed by atoms with van der Waals surface area (Å²) in [6, 6.07) is 10.6. The number of halogens is 2. The molecule has 1 saturated heterocycles. The first-order valence-electron chi connectivity index (χ1n) is 8.20. The molecule has 26 heavy (non-hydrogen) atoms. The molecule has 2 aromatic rings. The van der Waals surface area contributed by atoms with E-state index in [1.54, 1.807) is 13.2 Å². The fraction of sp³-hybridized carbons (Fsp3) is 0.333. The summed E-state index contributed by atoms with van der Waals surface area (Å²) < 4.78 is 45.4. The maximum atomic E-state index is 13.4. The van der Waals surface area contributed by atoms with E-state index in [0.29, 0.717) is 37.7 Å². The normalized spacial score (nSPS) is 16.6. The second-order valence-corrected chi connectivity index (χ2v) is 8.47. The molecule has 0 saturated carbocycles. The third kappa shape index (κ3) is 4.17. The first-order chi connectivity index (χ1) is 12.4. The van der Waals surface area contributed by atoms with E-state index >= 15 is 0 Å². The van der Waals surface area contributed by atoms with Gasteiger partial charge in [-0.25, -0.2) is 12.8 Å². The van der Waals surface area contributed by atoms with Gasteiger partial charge in [0.15, 0.2) is 0 Å². The molecule has 8 heteroatoms. The van der Waals surface area contributed by atoms with Crippen LogP contribution >= 0.6 is 11.6 Å². The molecular formula is C18H20ClFN2O3S. The Morgan fingerprint density at radius 1 is 1.12 bits per heavy atom. The minimum absolute atomic E-state index is 0.0116. The van der Waals surface area contributed by atoms with Gasteiger partial charge in [-0.3, -0.25) is 4.90 Å². The van der Waals surface area contributed by atoms with Crippen LogP contribution in [-0.4, -0.2) is 50.9 Å². The molecule has 5 nitrogen and oxygen atoms in total. The Labute approximate surface area is 158 Å². The van der Waals surface area contributed by atoms with Crippen LogP contribution in [0.15, 0.2) is 47.4 Å². The van der Waals surface area contributed by atoms with Gasteiger partial charge in [-0.1, -0.05) is 17.7 Å². The molecular weight excluding hydrogens is 379 g/mol. The lowest BCUT2D eigenvalue weighted by Gasteiger charge is -2.34. The number of benzene rings is 2. The second-order valence-electron chi connectivity index (χ2n) is 6.09. The van der Waals surface area contributed by atoms with E-state index in [-0.39, 0.29) is 4.90 Å². The Morgan fingerprint density at radius 2 is 1.85 bits per heavy atom. The number of sulfonamides is 1. The minimum Gasteiger partial charge on any atom is -0.496 e. The lowest BCUT2D eigenvalue weighted by atomic mass is 10.1. The van der Waals surface area contributed by atoms with Crippen LogP contribution in [0, 0.1) is 5.82 Å². The van der Waals surface area contributed by atoms with Crippen LogP contribution in [0.3, 0.4) is 0 Å². The number of piperazine rings is 1. The molecule has 0 aromatic heterocycles. The highest BCUT2D eigenvalue weighted by Crippen LogP contribution is 2.25. The fourth-order valence-electron chi connectivity index (χ4n) is 3.02.